The molecule has 2 saturated heterocycles. The van der Waals surface area contributed by atoms with Crippen LogP contribution < -0.4 is 10.6 Å². The van der Waals surface area contributed by atoms with Gasteiger partial charge in [-0.25, -0.2) is 0 Å². The fourth-order valence-electron chi connectivity index (χ4n) is 3.07. The number of likely N-dealkylation sites (tertiary alicyclic amines) is 1. The van der Waals surface area contributed by atoms with Crippen LogP contribution in [-0.2, 0) is 0 Å². The molecule has 0 bridgehead atoms. The van der Waals surface area contributed by atoms with E-state index in [9.17, 15) is 0 Å². The first kappa shape index (κ1) is 9.97. The van der Waals surface area contributed by atoms with Gasteiger partial charge in [-0.05, 0) is 50.2 Å². The molecule has 3 nitrogen and oxygen atoms in total. The van der Waals surface area contributed by atoms with Gasteiger partial charge in [-0.3, -0.25) is 0 Å². The zero-order valence-electron chi connectivity index (χ0n) is 9.76. The van der Waals surface area contributed by atoms with Crippen molar-refractivity contribution in [3.05, 3.63) is 24.3 Å². The van der Waals surface area contributed by atoms with Crippen molar-refractivity contribution in [2.24, 2.45) is 5.92 Å². The second-order valence-electron chi connectivity index (χ2n) is 5.09. The second kappa shape index (κ2) is 3.67. The van der Waals surface area contributed by atoms with Gasteiger partial charge in [-0.2, -0.15) is 0 Å². The first-order chi connectivity index (χ1) is 7.74. The average molecular weight is 217 g/mol. The zero-order chi connectivity index (χ0) is 11.1. The van der Waals surface area contributed by atoms with Crippen molar-refractivity contribution in [2.45, 2.75) is 12.5 Å². The summed E-state index contributed by atoms with van der Waals surface area (Å²) >= 11 is 0. The van der Waals surface area contributed by atoms with Crippen molar-refractivity contribution >= 4 is 11.4 Å². The third-order valence-electron chi connectivity index (χ3n) is 4.08. The summed E-state index contributed by atoms with van der Waals surface area (Å²) in [6.07, 6.45) is 1.35. The molecule has 0 spiro atoms. The Morgan fingerprint density at radius 2 is 1.94 bits per heavy atom. The average Bonchev–Trinajstić information content (AvgIpc) is 2.83. The molecule has 2 N–H and O–H groups in total. The predicted octanol–water partition coefficient (Wildman–Crippen LogP) is 1.41. The summed E-state index contributed by atoms with van der Waals surface area (Å²) in [5, 5.41) is 0. The van der Waals surface area contributed by atoms with E-state index >= 15 is 0 Å². The number of likely N-dealkylation sites (N-methyl/N-ethyl adjacent to an activating group) is 1. The van der Waals surface area contributed by atoms with Crippen LogP contribution in [-0.4, -0.2) is 37.6 Å². The number of hydrogen-bond acceptors (Lipinski definition) is 3. The first-order valence-electron chi connectivity index (χ1n) is 6.05. The molecule has 0 radical (unpaired) electrons. The smallest absolute Gasteiger partial charge is 0.0368 e. The number of hydrogen-bond donors (Lipinski definition) is 1. The SMILES string of the molecule is CN1CCC2CN(c3ccc(N)cc3)CC21. The Bertz CT molecular complexity index is 373. The van der Waals surface area contributed by atoms with Crippen LogP contribution in [0.25, 0.3) is 0 Å². The fourth-order valence-corrected chi connectivity index (χ4v) is 3.07. The molecule has 2 unspecified atom stereocenters. The molecule has 2 atom stereocenters. The van der Waals surface area contributed by atoms with Gasteiger partial charge in [0, 0.05) is 30.5 Å². The van der Waals surface area contributed by atoms with Crippen molar-refractivity contribution in [3.8, 4) is 0 Å². The maximum Gasteiger partial charge on any atom is 0.0368 e. The molecule has 16 heavy (non-hydrogen) atoms. The maximum atomic E-state index is 5.71. The van der Waals surface area contributed by atoms with Crippen LogP contribution in [0.4, 0.5) is 11.4 Å². The van der Waals surface area contributed by atoms with E-state index in [0.717, 1.165) is 17.6 Å². The van der Waals surface area contributed by atoms with Gasteiger partial charge < -0.3 is 15.5 Å². The number of nitrogens with zero attached hydrogens (tertiary/aromatic N) is 2. The minimum absolute atomic E-state index is 0.762. The van der Waals surface area contributed by atoms with Crippen LogP contribution in [0.1, 0.15) is 6.42 Å². The van der Waals surface area contributed by atoms with Crippen molar-refractivity contribution in [1.82, 2.24) is 4.90 Å². The number of rotatable bonds is 1. The molecule has 0 amide bonds. The van der Waals surface area contributed by atoms with Gasteiger partial charge in [-0.1, -0.05) is 0 Å². The van der Waals surface area contributed by atoms with E-state index < -0.39 is 0 Å². The standard InChI is InChI=1S/C13H19N3/c1-15-7-6-10-8-16(9-13(10)15)12-4-2-11(14)3-5-12/h2-5,10,13H,6-9,14H2,1H3. The summed E-state index contributed by atoms with van der Waals surface area (Å²) in [6.45, 7) is 3.65. The molecular formula is C13H19N3. The summed E-state index contributed by atoms with van der Waals surface area (Å²) < 4.78 is 0. The molecule has 3 heteroatoms. The second-order valence-corrected chi connectivity index (χ2v) is 5.09. The van der Waals surface area contributed by atoms with E-state index in [4.69, 9.17) is 5.73 Å². The third kappa shape index (κ3) is 1.55. The van der Waals surface area contributed by atoms with Crippen molar-refractivity contribution in [3.63, 3.8) is 0 Å². The van der Waals surface area contributed by atoms with E-state index in [1.54, 1.807) is 0 Å². The lowest BCUT2D eigenvalue weighted by atomic mass is 10.1. The Morgan fingerprint density at radius 1 is 1.19 bits per heavy atom. The molecule has 86 valence electrons. The highest BCUT2D eigenvalue weighted by atomic mass is 15.3. The molecule has 1 aromatic rings. The van der Waals surface area contributed by atoms with E-state index in [1.165, 1.54) is 31.7 Å². The van der Waals surface area contributed by atoms with Gasteiger partial charge in [-0.15, -0.1) is 0 Å². The van der Waals surface area contributed by atoms with Gasteiger partial charge in [0.05, 0.1) is 0 Å². The normalized spacial score (nSPS) is 29.7. The Morgan fingerprint density at radius 3 is 2.62 bits per heavy atom. The molecular weight excluding hydrogens is 198 g/mol. The number of nitrogen functional groups attached to an aromatic ring is 1. The van der Waals surface area contributed by atoms with Crippen LogP contribution in [0.2, 0.25) is 0 Å². The Hall–Kier alpha value is -1.22. The quantitative estimate of drug-likeness (QED) is 0.722. The van der Waals surface area contributed by atoms with Crippen molar-refractivity contribution in [2.75, 3.05) is 37.3 Å². The lowest BCUT2D eigenvalue weighted by Gasteiger charge is -2.22. The van der Waals surface area contributed by atoms with Crippen molar-refractivity contribution < 1.29 is 0 Å². The highest BCUT2D eigenvalue weighted by Crippen LogP contribution is 2.33. The van der Waals surface area contributed by atoms with Gasteiger partial charge in [0.1, 0.15) is 0 Å². The Balaban J connectivity index is 1.76. The number of anilines is 2. The minimum Gasteiger partial charge on any atom is -0.399 e. The largest absolute Gasteiger partial charge is 0.399 e. The van der Waals surface area contributed by atoms with Crippen LogP contribution >= 0.6 is 0 Å². The first-order valence-corrected chi connectivity index (χ1v) is 6.05. The third-order valence-corrected chi connectivity index (χ3v) is 4.08. The molecule has 2 fully saturated rings. The van der Waals surface area contributed by atoms with Crippen LogP contribution in [0, 0.1) is 5.92 Å². The minimum atomic E-state index is 0.762. The number of benzene rings is 1. The molecule has 0 aromatic heterocycles. The molecule has 0 aliphatic carbocycles. The van der Waals surface area contributed by atoms with Crippen LogP contribution in [0.3, 0.4) is 0 Å². The van der Waals surface area contributed by atoms with E-state index in [1.807, 2.05) is 12.1 Å². The highest BCUT2D eigenvalue weighted by Gasteiger charge is 2.39. The van der Waals surface area contributed by atoms with Gasteiger partial charge in [0.25, 0.3) is 0 Å². The summed E-state index contributed by atoms with van der Waals surface area (Å²) in [6, 6.07) is 9.02. The van der Waals surface area contributed by atoms with Gasteiger partial charge in [0.15, 0.2) is 0 Å². The van der Waals surface area contributed by atoms with E-state index in [-0.39, 0.29) is 0 Å². The number of fused-ring (bicyclic) bond motifs is 1. The van der Waals surface area contributed by atoms with Gasteiger partial charge in [0.2, 0.25) is 0 Å². The molecule has 2 aliphatic heterocycles. The van der Waals surface area contributed by atoms with Gasteiger partial charge >= 0.3 is 0 Å². The lowest BCUT2D eigenvalue weighted by Crippen LogP contribution is -2.32. The van der Waals surface area contributed by atoms with Crippen molar-refractivity contribution in [1.29, 1.82) is 0 Å². The van der Waals surface area contributed by atoms with Crippen LogP contribution in [0.5, 0.6) is 0 Å². The van der Waals surface area contributed by atoms with Crippen LogP contribution in [0.15, 0.2) is 24.3 Å². The summed E-state index contributed by atoms with van der Waals surface area (Å²) in [4.78, 5) is 4.99. The molecule has 3 rings (SSSR count). The summed E-state index contributed by atoms with van der Waals surface area (Å²) in [5.74, 6) is 0.863. The monoisotopic (exact) mass is 217 g/mol. The van der Waals surface area contributed by atoms with E-state index in [0.29, 0.717) is 0 Å². The predicted molar refractivity (Wildman–Crippen MR) is 67.6 cm³/mol. The van der Waals surface area contributed by atoms with E-state index in [2.05, 4.69) is 29.0 Å². The molecule has 1 aromatic carbocycles. The molecule has 2 heterocycles. The summed E-state index contributed by atoms with van der Waals surface area (Å²) in [5.41, 5.74) is 7.88. The Labute approximate surface area is 96.8 Å². The number of nitrogens with two attached hydrogens (primary N) is 1. The summed E-state index contributed by atoms with van der Waals surface area (Å²) in [7, 11) is 2.25. The topological polar surface area (TPSA) is 32.5 Å². The highest BCUT2D eigenvalue weighted by molar-refractivity contribution is 5.54. The molecule has 0 saturated carbocycles. The lowest BCUT2D eigenvalue weighted by molar-refractivity contribution is 0.310. The fraction of sp³-hybridized carbons (Fsp3) is 0.538. The zero-order valence-corrected chi connectivity index (χ0v) is 9.76. The Kier molecular flexibility index (Phi) is 2.28. The molecule has 2 aliphatic rings. The maximum absolute atomic E-state index is 5.71.